The molecule has 1 amide bonds. The van der Waals surface area contributed by atoms with Crippen LogP contribution in [0.1, 0.15) is 15.9 Å². The van der Waals surface area contributed by atoms with Crippen LogP contribution >= 0.6 is 0 Å². The van der Waals surface area contributed by atoms with Crippen LogP contribution in [0.25, 0.3) is 0 Å². The van der Waals surface area contributed by atoms with Crippen LogP contribution in [0.5, 0.6) is 0 Å². The fourth-order valence-corrected chi connectivity index (χ4v) is 3.56. The number of hydrogen-bond donors (Lipinski definition) is 1. The van der Waals surface area contributed by atoms with Gasteiger partial charge in [-0.05, 0) is 48.5 Å². The zero-order chi connectivity index (χ0) is 21.9. The first-order valence-electron chi connectivity index (χ1n) is 8.42. The number of carbonyl (C=O) groups is 1. The molecule has 0 unspecified atom stereocenters. The second kappa shape index (κ2) is 8.26. The lowest BCUT2D eigenvalue weighted by Crippen LogP contribution is -2.26. The van der Waals surface area contributed by atoms with Gasteiger partial charge in [-0.1, -0.05) is 0 Å². The molecule has 0 spiro atoms. The third-order valence-electron chi connectivity index (χ3n) is 3.96. The monoisotopic (exact) mass is 428 g/mol. The van der Waals surface area contributed by atoms with E-state index in [2.05, 4.69) is 10.3 Å². The molecule has 7 nitrogen and oxygen atoms in total. The molecule has 30 heavy (non-hydrogen) atoms. The molecule has 2 aromatic carbocycles. The summed E-state index contributed by atoms with van der Waals surface area (Å²) >= 11 is 0. The van der Waals surface area contributed by atoms with Crippen molar-refractivity contribution in [2.24, 2.45) is 0 Å². The maximum atomic E-state index is 13.3. The number of nitriles is 1. The molecule has 0 fully saturated rings. The van der Waals surface area contributed by atoms with Crippen LogP contribution in [0.2, 0.25) is 0 Å². The molecule has 1 heterocycles. The van der Waals surface area contributed by atoms with E-state index >= 15 is 0 Å². The van der Waals surface area contributed by atoms with E-state index in [1.54, 1.807) is 0 Å². The van der Waals surface area contributed by atoms with Gasteiger partial charge >= 0.3 is 0 Å². The summed E-state index contributed by atoms with van der Waals surface area (Å²) < 4.78 is 52.1. The summed E-state index contributed by atoms with van der Waals surface area (Å²) in [5, 5.41) is 11.3. The van der Waals surface area contributed by atoms with E-state index in [0.29, 0.717) is 5.56 Å². The van der Waals surface area contributed by atoms with E-state index in [-0.39, 0.29) is 22.8 Å². The number of rotatable bonds is 5. The van der Waals surface area contributed by atoms with Gasteiger partial charge in [-0.2, -0.15) is 5.26 Å². The number of nitrogens with zero attached hydrogens (tertiary/aromatic N) is 3. The van der Waals surface area contributed by atoms with Crippen molar-refractivity contribution in [3.05, 3.63) is 83.6 Å². The average Bonchev–Trinajstić information content (AvgIpc) is 2.70. The molecule has 0 radical (unpaired) electrons. The Morgan fingerprint density at radius 1 is 1.07 bits per heavy atom. The number of benzene rings is 2. The van der Waals surface area contributed by atoms with E-state index in [9.17, 15) is 22.0 Å². The van der Waals surface area contributed by atoms with E-state index in [4.69, 9.17) is 5.26 Å². The van der Waals surface area contributed by atoms with Gasteiger partial charge in [0, 0.05) is 23.5 Å². The number of anilines is 3. The Kier molecular flexibility index (Phi) is 5.75. The molecule has 10 heteroatoms. The number of pyridine rings is 1. The largest absolute Gasteiger partial charge is 0.322 e. The van der Waals surface area contributed by atoms with E-state index in [1.165, 1.54) is 48.7 Å². The first kappa shape index (κ1) is 20.9. The molecule has 152 valence electrons. The lowest BCUT2D eigenvalue weighted by molar-refractivity contribution is 0.102. The number of nitrogens with one attached hydrogen (secondary N) is 1. The van der Waals surface area contributed by atoms with Gasteiger partial charge in [0.2, 0.25) is 10.0 Å². The fourth-order valence-electron chi connectivity index (χ4n) is 2.61. The SMILES string of the molecule is CS(=O)(=O)N(c1ccc(C#N)cc1)c1cc(C(=O)Nc2ccc(F)c(F)c2)ccn1. The predicted octanol–water partition coefficient (Wildman–Crippen LogP) is 3.58. The van der Waals surface area contributed by atoms with E-state index in [0.717, 1.165) is 22.7 Å². The Hall–Kier alpha value is -3.84. The maximum absolute atomic E-state index is 13.3. The predicted molar refractivity (Wildman–Crippen MR) is 107 cm³/mol. The summed E-state index contributed by atoms with van der Waals surface area (Å²) in [5.74, 6) is -2.89. The molecule has 0 atom stereocenters. The summed E-state index contributed by atoms with van der Waals surface area (Å²) in [6.07, 6.45) is 2.22. The molecule has 1 aromatic heterocycles. The highest BCUT2D eigenvalue weighted by atomic mass is 32.2. The van der Waals surface area contributed by atoms with Gasteiger partial charge in [-0.3, -0.25) is 4.79 Å². The minimum atomic E-state index is -3.84. The standard InChI is InChI=1S/C20H14F2N4O3S/c1-30(28,29)26(16-5-2-13(12-23)3-6-16)19-10-14(8-9-24-19)20(27)25-15-4-7-17(21)18(22)11-15/h2-11H,1H3,(H,25,27). The van der Waals surface area contributed by atoms with Crippen molar-refractivity contribution in [3.8, 4) is 6.07 Å². The summed E-state index contributed by atoms with van der Waals surface area (Å²) in [6.45, 7) is 0. The molecular formula is C20H14F2N4O3S. The van der Waals surface area contributed by atoms with Crippen molar-refractivity contribution in [2.75, 3.05) is 15.9 Å². The number of halogens is 2. The molecule has 1 N–H and O–H groups in total. The zero-order valence-corrected chi connectivity index (χ0v) is 16.3. The maximum Gasteiger partial charge on any atom is 0.255 e. The average molecular weight is 428 g/mol. The third-order valence-corrected chi connectivity index (χ3v) is 5.02. The number of sulfonamides is 1. The molecule has 3 rings (SSSR count). The summed E-state index contributed by atoms with van der Waals surface area (Å²) in [6, 6.07) is 13.2. The minimum absolute atomic E-state index is 0.0318. The fraction of sp³-hybridized carbons (Fsp3) is 0.0500. The second-order valence-corrected chi connectivity index (χ2v) is 8.00. The van der Waals surface area contributed by atoms with Crippen molar-refractivity contribution in [1.29, 1.82) is 5.26 Å². The van der Waals surface area contributed by atoms with E-state index < -0.39 is 27.6 Å². The molecule has 0 saturated carbocycles. The molecule has 0 aliphatic heterocycles. The van der Waals surface area contributed by atoms with E-state index in [1.807, 2.05) is 6.07 Å². The number of hydrogen-bond acceptors (Lipinski definition) is 5. The molecule has 3 aromatic rings. The van der Waals surface area contributed by atoms with Crippen LogP contribution in [0.3, 0.4) is 0 Å². The van der Waals surface area contributed by atoms with Crippen LogP contribution in [-0.4, -0.2) is 25.6 Å². The van der Waals surface area contributed by atoms with Crippen molar-refractivity contribution in [2.45, 2.75) is 0 Å². The van der Waals surface area contributed by atoms with Crippen LogP contribution in [0, 0.1) is 23.0 Å². The Bertz CT molecular complexity index is 1260. The summed E-state index contributed by atoms with van der Waals surface area (Å²) in [4.78, 5) is 16.5. The van der Waals surface area contributed by atoms with Gasteiger partial charge in [0.05, 0.1) is 23.6 Å². The Morgan fingerprint density at radius 3 is 2.37 bits per heavy atom. The number of amides is 1. The highest BCUT2D eigenvalue weighted by molar-refractivity contribution is 7.92. The quantitative estimate of drug-likeness (QED) is 0.669. The van der Waals surface area contributed by atoms with Crippen LogP contribution in [0.4, 0.5) is 26.0 Å². The molecule has 0 aliphatic rings. The normalized spacial score (nSPS) is 10.9. The van der Waals surface area contributed by atoms with Gasteiger partial charge < -0.3 is 5.32 Å². The van der Waals surface area contributed by atoms with Gasteiger partial charge in [-0.15, -0.1) is 0 Å². The van der Waals surface area contributed by atoms with Crippen molar-refractivity contribution in [1.82, 2.24) is 4.98 Å². The number of carbonyl (C=O) groups excluding carboxylic acids is 1. The Balaban J connectivity index is 1.95. The van der Waals surface area contributed by atoms with Crippen LogP contribution in [0.15, 0.2) is 60.8 Å². The summed E-state index contributed by atoms with van der Waals surface area (Å²) in [5.41, 5.74) is 0.651. The van der Waals surface area contributed by atoms with Gasteiger partial charge in [-0.25, -0.2) is 26.5 Å². The Morgan fingerprint density at radius 2 is 1.77 bits per heavy atom. The lowest BCUT2D eigenvalue weighted by atomic mass is 10.2. The highest BCUT2D eigenvalue weighted by Gasteiger charge is 2.22. The molecule has 0 bridgehead atoms. The number of aromatic nitrogens is 1. The van der Waals surface area contributed by atoms with Crippen molar-refractivity contribution in [3.63, 3.8) is 0 Å². The van der Waals surface area contributed by atoms with Crippen molar-refractivity contribution >= 4 is 33.1 Å². The first-order valence-corrected chi connectivity index (χ1v) is 10.3. The zero-order valence-electron chi connectivity index (χ0n) is 15.5. The van der Waals surface area contributed by atoms with Crippen LogP contribution < -0.4 is 9.62 Å². The minimum Gasteiger partial charge on any atom is -0.322 e. The topological polar surface area (TPSA) is 103 Å². The van der Waals surface area contributed by atoms with Gasteiger partial charge in [0.1, 0.15) is 5.82 Å². The third kappa shape index (κ3) is 4.59. The molecule has 0 aliphatic carbocycles. The van der Waals surface area contributed by atoms with Crippen molar-refractivity contribution < 1.29 is 22.0 Å². The van der Waals surface area contributed by atoms with Crippen LogP contribution in [-0.2, 0) is 10.0 Å². The first-order chi connectivity index (χ1) is 14.2. The Labute approximate surface area is 171 Å². The highest BCUT2D eigenvalue weighted by Crippen LogP contribution is 2.27. The lowest BCUT2D eigenvalue weighted by Gasteiger charge is -2.21. The van der Waals surface area contributed by atoms with Gasteiger partial charge in [0.25, 0.3) is 5.91 Å². The summed E-state index contributed by atoms with van der Waals surface area (Å²) in [7, 11) is -3.84. The molecule has 0 saturated heterocycles. The smallest absolute Gasteiger partial charge is 0.255 e. The second-order valence-electron chi connectivity index (χ2n) is 6.17. The molecular weight excluding hydrogens is 414 g/mol. The van der Waals surface area contributed by atoms with Gasteiger partial charge in [0.15, 0.2) is 11.6 Å².